The van der Waals surface area contributed by atoms with Crippen LogP contribution in [-0.2, 0) is 6.61 Å². The van der Waals surface area contributed by atoms with Crippen molar-refractivity contribution in [1.82, 2.24) is 0 Å². The molecule has 0 aliphatic rings. The maximum atomic E-state index is 13.5. The van der Waals surface area contributed by atoms with Gasteiger partial charge in [-0.25, -0.2) is 8.78 Å². The molecule has 0 radical (unpaired) electrons. The third kappa shape index (κ3) is 2.86. The van der Waals surface area contributed by atoms with Crippen molar-refractivity contribution in [2.75, 3.05) is 0 Å². The highest BCUT2D eigenvalue weighted by molar-refractivity contribution is 9.10. The molecule has 5 heteroatoms. The van der Waals surface area contributed by atoms with E-state index in [2.05, 4.69) is 15.9 Å². The van der Waals surface area contributed by atoms with Crippen LogP contribution >= 0.6 is 15.9 Å². The average Bonchev–Trinajstić information content (AvgIpc) is 2.36. The van der Waals surface area contributed by atoms with Gasteiger partial charge in [0.25, 0.3) is 0 Å². The van der Waals surface area contributed by atoms with Crippen LogP contribution in [0.5, 0.6) is 11.5 Å². The van der Waals surface area contributed by atoms with Gasteiger partial charge < -0.3 is 9.84 Å². The van der Waals surface area contributed by atoms with Crippen LogP contribution in [0.1, 0.15) is 5.56 Å². The number of halogens is 3. The van der Waals surface area contributed by atoms with Gasteiger partial charge in [0.05, 0.1) is 6.61 Å². The van der Waals surface area contributed by atoms with E-state index in [4.69, 9.17) is 9.84 Å². The molecule has 0 heterocycles. The van der Waals surface area contributed by atoms with Crippen molar-refractivity contribution in [2.45, 2.75) is 6.61 Å². The Morgan fingerprint density at radius 2 is 1.83 bits per heavy atom. The second kappa shape index (κ2) is 5.46. The molecule has 0 fully saturated rings. The molecule has 1 N–H and O–H groups in total. The Labute approximate surface area is 111 Å². The summed E-state index contributed by atoms with van der Waals surface area (Å²) < 4.78 is 32.5. The lowest BCUT2D eigenvalue weighted by molar-refractivity contribution is 0.275. The summed E-state index contributed by atoms with van der Waals surface area (Å²) >= 11 is 3.20. The molecule has 0 atom stereocenters. The van der Waals surface area contributed by atoms with Crippen molar-refractivity contribution in [3.8, 4) is 11.5 Å². The predicted molar refractivity (Wildman–Crippen MR) is 66.5 cm³/mol. The number of aliphatic hydroxyl groups is 1. The zero-order chi connectivity index (χ0) is 13.1. The lowest BCUT2D eigenvalue weighted by atomic mass is 10.2. The van der Waals surface area contributed by atoms with Crippen LogP contribution in [0.2, 0.25) is 0 Å². The van der Waals surface area contributed by atoms with Gasteiger partial charge in [-0.3, -0.25) is 0 Å². The van der Waals surface area contributed by atoms with E-state index in [0.29, 0.717) is 4.47 Å². The Bertz CT molecular complexity index is 573. The monoisotopic (exact) mass is 314 g/mol. The normalized spacial score (nSPS) is 10.4. The molecule has 2 rings (SSSR count). The molecule has 0 unspecified atom stereocenters. The van der Waals surface area contributed by atoms with Crippen LogP contribution in [0, 0.1) is 11.6 Å². The molecular weight excluding hydrogens is 306 g/mol. The smallest absolute Gasteiger partial charge is 0.165 e. The van der Waals surface area contributed by atoms with Crippen molar-refractivity contribution >= 4 is 15.9 Å². The second-order valence-corrected chi connectivity index (χ2v) is 4.50. The summed E-state index contributed by atoms with van der Waals surface area (Å²) in [5, 5.41) is 9.10. The number of ether oxygens (including phenoxy) is 1. The maximum Gasteiger partial charge on any atom is 0.165 e. The minimum atomic E-state index is -0.536. The summed E-state index contributed by atoms with van der Waals surface area (Å²) in [6.07, 6.45) is 0. The first-order chi connectivity index (χ1) is 8.60. The lowest BCUT2D eigenvalue weighted by Gasteiger charge is -2.10. The Hall–Kier alpha value is -1.46. The van der Waals surface area contributed by atoms with Gasteiger partial charge in [-0.05, 0) is 36.4 Å². The van der Waals surface area contributed by atoms with Crippen LogP contribution in [-0.4, -0.2) is 5.11 Å². The summed E-state index contributed by atoms with van der Waals surface area (Å²) in [4.78, 5) is 0. The van der Waals surface area contributed by atoms with Gasteiger partial charge >= 0.3 is 0 Å². The molecule has 0 amide bonds. The van der Waals surface area contributed by atoms with Gasteiger partial charge in [-0.15, -0.1) is 0 Å². The van der Waals surface area contributed by atoms with Crippen LogP contribution < -0.4 is 4.74 Å². The van der Waals surface area contributed by atoms with E-state index >= 15 is 0 Å². The molecule has 2 aromatic rings. The van der Waals surface area contributed by atoms with Crippen molar-refractivity contribution in [3.63, 3.8) is 0 Å². The van der Waals surface area contributed by atoms with Gasteiger partial charge in [0, 0.05) is 10.0 Å². The van der Waals surface area contributed by atoms with Gasteiger partial charge in [-0.2, -0.15) is 0 Å². The third-order valence-electron chi connectivity index (χ3n) is 2.31. The zero-order valence-corrected chi connectivity index (χ0v) is 10.7. The SMILES string of the molecule is OCc1cc(F)ccc1Oc1cc(Br)ccc1F. The van der Waals surface area contributed by atoms with E-state index in [0.717, 1.165) is 6.07 Å². The number of benzene rings is 2. The Morgan fingerprint density at radius 1 is 1.06 bits per heavy atom. The van der Waals surface area contributed by atoms with Gasteiger partial charge in [0.15, 0.2) is 11.6 Å². The number of hydrogen-bond donors (Lipinski definition) is 1. The number of rotatable bonds is 3. The first-order valence-electron chi connectivity index (χ1n) is 5.12. The number of hydrogen-bond acceptors (Lipinski definition) is 2. The van der Waals surface area contributed by atoms with Crippen LogP contribution in [0.25, 0.3) is 0 Å². The molecule has 0 aromatic heterocycles. The minimum absolute atomic E-state index is 0.00526. The van der Waals surface area contributed by atoms with Gasteiger partial charge in [0.2, 0.25) is 0 Å². The predicted octanol–water partition coefficient (Wildman–Crippen LogP) is 4.01. The van der Waals surface area contributed by atoms with Crippen molar-refractivity contribution in [3.05, 3.63) is 58.1 Å². The molecule has 2 aromatic carbocycles. The Balaban J connectivity index is 2.36. The summed E-state index contributed by atoms with van der Waals surface area (Å²) in [5.41, 5.74) is 0.259. The summed E-state index contributed by atoms with van der Waals surface area (Å²) in [6.45, 7) is -0.386. The minimum Gasteiger partial charge on any atom is -0.454 e. The first kappa shape index (κ1) is 13.0. The zero-order valence-electron chi connectivity index (χ0n) is 9.16. The largest absolute Gasteiger partial charge is 0.454 e. The molecule has 0 saturated carbocycles. The van der Waals surface area contributed by atoms with Crippen LogP contribution in [0.4, 0.5) is 8.78 Å². The molecule has 0 spiro atoms. The molecule has 94 valence electrons. The molecule has 0 saturated heterocycles. The van der Waals surface area contributed by atoms with E-state index in [1.165, 1.54) is 24.3 Å². The van der Waals surface area contributed by atoms with Crippen LogP contribution in [0.3, 0.4) is 0 Å². The summed E-state index contributed by atoms with van der Waals surface area (Å²) in [5.74, 6) is -0.797. The molecule has 18 heavy (non-hydrogen) atoms. The van der Waals surface area contributed by atoms with E-state index in [1.54, 1.807) is 6.07 Å². The molecule has 0 aliphatic heterocycles. The fourth-order valence-electron chi connectivity index (χ4n) is 1.45. The lowest BCUT2D eigenvalue weighted by Crippen LogP contribution is -1.94. The highest BCUT2D eigenvalue weighted by Gasteiger charge is 2.09. The second-order valence-electron chi connectivity index (χ2n) is 3.59. The van der Waals surface area contributed by atoms with E-state index in [1.807, 2.05) is 0 Å². The van der Waals surface area contributed by atoms with E-state index in [-0.39, 0.29) is 23.7 Å². The quantitative estimate of drug-likeness (QED) is 0.927. The standard InChI is InChI=1S/C13H9BrF2O2/c14-9-1-3-11(16)13(6-9)18-12-4-2-10(15)5-8(12)7-17/h1-6,17H,7H2. The number of aliphatic hydroxyl groups excluding tert-OH is 1. The molecule has 2 nitrogen and oxygen atoms in total. The van der Waals surface area contributed by atoms with Crippen molar-refractivity contribution in [1.29, 1.82) is 0 Å². The summed E-state index contributed by atoms with van der Waals surface area (Å²) in [6, 6.07) is 7.93. The van der Waals surface area contributed by atoms with Gasteiger partial charge in [0.1, 0.15) is 11.6 Å². The van der Waals surface area contributed by atoms with E-state index in [9.17, 15) is 8.78 Å². The van der Waals surface area contributed by atoms with Gasteiger partial charge in [-0.1, -0.05) is 15.9 Å². The average molecular weight is 315 g/mol. The highest BCUT2D eigenvalue weighted by Crippen LogP contribution is 2.30. The fourth-order valence-corrected chi connectivity index (χ4v) is 1.79. The fraction of sp³-hybridized carbons (Fsp3) is 0.0769. The molecular formula is C13H9BrF2O2. The Morgan fingerprint density at radius 3 is 2.56 bits per heavy atom. The van der Waals surface area contributed by atoms with Crippen molar-refractivity contribution < 1.29 is 18.6 Å². The topological polar surface area (TPSA) is 29.5 Å². The summed E-state index contributed by atoms with van der Waals surface area (Å²) in [7, 11) is 0. The highest BCUT2D eigenvalue weighted by atomic mass is 79.9. The van der Waals surface area contributed by atoms with Crippen LogP contribution in [0.15, 0.2) is 40.9 Å². The maximum absolute atomic E-state index is 13.5. The third-order valence-corrected chi connectivity index (χ3v) is 2.80. The van der Waals surface area contributed by atoms with E-state index < -0.39 is 11.6 Å². The first-order valence-corrected chi connectivity index (χ1v) is 5.91. The molecule has 0 bridgehead atoms. The Kier molecular flexibility index (Phi) is 3.93. The van der Waals surface area contributed by atoms with Crippen molar-refractivity contribution in [2.24, 2.45) is 0 Å². The molecule has 0 aliphatic carbocycles.